The van der Waals surface area contributed by atoms with Crippen LogP contribution in [0.4, 0.5) is 0 Å². The molecule has 0 N–H and O–H groups in total. The van der Waals surface area contributed by atoms with Gasteiger partial charge in [-0.1, -0.05) is 21.6 Å². The molecule has 2 nitrogen and oxygen atoms in total. The summed E-state index contributed by atoms with van der Waals surface area (Å²) in [5.74, 6) is 2.19. The average Bonchev–Trinajstić information content (AvgIpc) is 2.33. The molecule has 0 radical (unpaired) electrons. The third-order valence-corrected chi connectivity index (χ3v) is 7.12. The van der Waals surface area contributed by atoms with Crippen LogP contribution >= 0.6 is 67.6 Å². The van der Waals surface area contributed by atoms with Gasteiger partial charge in [0.25, 0.3) is 0 Å². The summed E-state index contributed by atoms with van der Waals surface area (Å²) in [5, 5.41) is 0. The minimum absolute atomic E-state index is 0.634. The summed E-state index contributed by atoms with van der Waals surface area (Å²) in [4.78, 5) is 0. The second kappa shape index (κ2) is 14.6. The maximum atomic E-state index is 5.17. The number of thiocarbonyl (C=S) groups is 2. The van der Waals surface area contributed by atoms with E-state index in [4.69, 9.17) is 33.9 Å². The summed E-state index contributed by atoms with van der Waals surface area (Å²) in [6.45, 7) is 5.19. The zero-order valence-electron chi connectivity index (χ0n) is 10.5. The van der Waals surface area contributed by atoms with Crippen molar-refractivity contribution in [2.75, 3.05) is 24.7 Å². The number of hydrogen-bond donors (Lipinski definition) is 0. The Morgan fingerprint density at radius 1 is 0.833 bits per heavy atom. The van der Waals surface area contributed by atoms with Crippen LogP contribution in [0.3, 0.4) is 0 Å². The van der Waals surface area contributed by atoms with Crippen LogP contribution in [0, 0.1) is 0 Å². The summed E-state index contributed by atoms with van der Waals surface area (Å²) in [6, 6.07) is 0. The molecule has 0 bridgehead atoms. The Morgan fingerprint density at radius 3 is 1.56 bits per heavy atom. The van der Waals surface area contributed by atoms with Crippen LogP contribution in [-0.2, 0) is 9.47 Å². The van der Waals surface area contributed by atoms with Crippen molar-refractivity contribution in [1.82, 2.24) is 0 Å². The van der Waals surface area contributed by atoms with E-state index in [9.17, 15) is 0 Å². The Morgan fingerprint density at radius 2 is 1.22 bits per heavy atom. The number of hydrogen-bond acceptors (Lipinski definition) is 8. The first-order chi connectivity index (χ1) is 8.70. The maximum Gasteiger partial charge on any atom is 0.230 e. The molecule has 0 saturated carbocycles. The van der Waals surface area contributed by atoms with Crippen molar-refractivity contribution in [3.63, 3.8) is 0 Å². The van der Waals surface area contributed by atoms with Crippen LogP contribution in [0.2, 0.25) is 0 Å². The summed E-state index contributed by atoms with van der Waals surface area (Å²) in [6.07, 6.45) is 2.36. The molecular weight excluding hydrogens is 345 g/mol. The molecule has 0 aromatic rings. The minimum atomic E-state index is 0.634. The van der Waals surface area contributed by atoms with Crippen LogP contribution < -0.4 is 0 Å². The molecule has 0 aliphatic carbocycles. The molecule has 8 heteroatoms. The number of ether oxygens (including phenoxy) is 2. The zero-order valence-corrected chi connectivity index (χ0v) is 15.4. The Bertz CT molecular complexity index is 212. The van der Waals surface area contributed by atoms with Crippen LogP contribution in [-0.4, -0.2) is 33.5 Å². The first-order valence-corrected chi connectivity index (χ1v) is 11.1. The number of rotatable bonds is 9. The molecule has 0 atom stereocenters. The minimum Gasteiger partial charge on any atom is -0.478 e. The van der Waals surface area contributed by atoms with E-state index in [1.54, 1.807) is 43.2 Å². The van der Waals surface area contributed by atoms with Crippen molar-refractivity contribution < 1.29 is 9.47 Å². The summed E-state index contributed by atoms with van der Waals surface area (Å²) < 4.78 is 11.6. The first-order valence-electron chi connectivity index (χ1n) is 5.63. The molecule has 0 aliphatic rings. The molecule has 0 aromatic heterocycles. The lowest BCUT2D eigenvalue weighted by atomic mass is 10.4. The molecular formula is C10H18O2S6. The third-order valence-electron chi connectivity index (χ3n) is 1.48. The highest BCUT2D eigenvalue weighted by atomic mass is 33.1. The van der Waals surface area contributed by atoms with E-state index in [-0.39, 0.29) is 0 Å². The van der Waals surface area contributed by atoms with Gasteiger partial charge in [0.1, 0.15) is 0 Å². The molecule has 0 aliphatic heterocycles. The first kappa shape index (κ1) is 19.2. The highest BCUT2D eigenvalue weighted by Gasteiger charge is 2.00. The lowest BCUT2D eigenvalue weighted by molar-refractivity contribution is 0.346. The lowest BCUT2D eigenvalue weighted by Crippen LogP contribution is -1.94. The summed E-state index contributed by atoms with van der Waals surface area (Å²) in [5.41, 5.74) is 0. The smallest absolute Gasteiger partial charge is 0.230 e. The van der Waals surface area contributed by atoms with E-state index in [2.05, 4.69) is 0 Å². The predicted molar refractivity (Wildman–Crippen MR) is 97.8 cm³/mol. The number of unbranched alkanes of at least 4 members (excludes halogenated alkanes) is 1. The molecule has 0 unspecified atom stereocenters. The van der Waals surface area contributed by atoms with Gasteiger partial charge in [0.05, 0.1) is 13.2 Å². The normalized spacial score (nSPS) is 10.1. The van der Waals surface area contributed by atoms with Gasteiger partial charge < -0.3 is 9.47 Å². The third kappa shape index (κ3) is 13.6. The van der Waals surface area contributed by atoms with Crippen molar-refractivity contribution in [3.8, 4) is 0 Å². The lowest BCUT2D eigenvalue weighted by Gasteiger charge is -2.04. The zero-order chi connectivity index (χ0) is 13.6. The van der Waals surface area contributed by atoms with Crippen molar-refractivity contribution in [1.29, 1.82) is 0 Å². The second-order valence-electron chi connectivity index (χ2n) is 2.88. The molecule has 0 rings (SSSR count). The van der Waals surface area contributed by atoms with Gasteiger partial charge in [0.15, 0.2) is 0 Å². The topological polar surface area (TPSA) is 18.5 Å². The standard InChI is InChI=1S/C10H18O2S6/c1-3-11-9(13)17-15-7-5-6-8-16-18-10(14)12-4-2/h3-8H2,1-2H3. The van der Waals surface area contributed by atoms with Gasteiger partial charge in [0.2, 0.25) is 8.77 Å². The van der Waals surface area contributed by atoms with E-state index >= 15 is 0 Å². The van der Waals surface area contributed by atoms with Gasteiger partial charge >= 0.3 is 0 Å². The molecule has 0 heterocycles. The van der Waals surface area contributed by atoms with E-state index in [1.807, 2.05) is 13.8 Å². The van der Waals surface area contributed by atoms with E-state index < -0.39 is 0 Å². The molecule has 0 aromatic carbocycles. The van der Waals surface area contributed by atoms with E-state index in [0.717, 1.165) is 11.5 Å². The SMILES string of the molecule is CCOC(=S)SSCCCCSSC(=S)OCC. The van der Waals surface area contributed by atoms with Crippen LogP contribution in [0.15, 0.2) is 0 Å². The van der Waals surface area contributed by atoms with Crippen LogP contribution in [0.5, 0.6) is 0 Å². The van der Waals surface area contributed by atoms with Gasteiger partial charge in [-0.05, 0) is 72.7 Å². The Hall–Kier alpha value is 1.18. The average molecular weight is 363 g/mol. The van der Waals surface area contributed by atoms with E-state index in [0.29, 0.717) is 22.0 Å². The summed E-state index contributed by atoms with van der Waals surface area (Å²) in [7, 11) is 6.61. The molecule has 18 heavy (non-hydrogen) atoms. The fourth-order valence-corrected chi connectivity index (χ4v) is 5.30. The molecule has 0 saturated heterocycles. The highest BCUT2D eigenvalue weighted by Crippen LogP contribution is 2.27. The highest BCUT2D eigenvalue weighted by molar-refractivity contribution is 8.83. The fraction of sp³-hybridized carbons (Fsp3) is 0.800. The van der Waals surface area contributed by atoms with Crippen LogP contribution in [0.1, 0.15) is 26.7 Å². The van der Waals surface area contributed by atoms with Crippen molar-refractivity contribution in [2.24, 2.45) is 0 Å². The molecule has 0 amide bonds. The molecule has 106 valence electrons. The Balaban J connectivity index is 3.16. The monoisotopic (exact) mass is 362 g/mol. The largest absolute Gasteiger partial charge is 0.478 e. The van der Waals surface area contributed by atoms with Gasteiger partial charge in [-0.25, -0.2) is 0 Å². The maximum absolute atomic E-state index is 5.17. The van der Waals surface area contributed by atoms with Gasteiger partial charge in [0, 0.05) is 11.5 Å². The Kier molecular flexibility index (Phi) is 15.5. The van der Waals surface area contributed by atoms with Gasteiger partial charge in [-0.2, -0.15) is 0 Å². The van der Waals surface area contributed by atoms with Crippen molar-refractivity contribution in [3.05, 3.63) is 0 Å². The van der Waals surface area contributed by atoms with Crippen molar-refractivity contribution in [2.45, 2.75) is 26.7 Å². The van der Waals surface area contributed by atoms with Crippen molar-refractivity contribution >= 4 is 76.4 Å². The predicted octanol–water partition coefficient (Wildman–Crippen LogP) is 5.17. The quantitative estimate of drug-likeness (QED) is 0.313. The molecule has 0 spiro atoms. The fourth-order valence-electron chi connectivity index (χ4n) is 0.785. The van der Waals surface area contributed by atoms with Gasteiger partial charge in [-0.15, -0.1) is 0 Å². The van der Waals surface area contributed by atoms with Gasteiger partial charge in [-0.3, -0.25) is 0 Å². The van der Waals surface area contributed by atoms with E-state index in [1.165, 1.54) is 12.8 Å². The van der Waals surface area contributed by atoms with Crippen LogP contribution in [0.25, 0.3) is 0 Å². The second-order valence-corrected chi connectivity index (χ2v) is 8.92. The Labute approximate surface area is 136 Å². The molecule has 0 fully saturated rings. The summed E-state index contributed by atoms with van der Waals surface area (Å²) >= 11 is 10.0.